The number of hydrogen-bond acceptors (Lipinski definition) is 4. The van der Waals surface area contributed by atoms with Crippen LogP contribution in [-0.2, 0) is 4.74 Å². The third-order valence-electron chi connectivity index (χ3n) is 4.57. The van der Waals surface area contributed by atoms with Crippen molar-refractivity contribution in [2.45, 2.75) is 6.92 Å². The molecule has 2 N–H and O–H groups in total. The molecule has 0 unspecified atom stereocenters. The van der Waals surface area contributed by atoms with Crippen molar-refractivity contribution in [3.8, 4) is 5.88 Å². The van der Waals surface area contributed by atoms with Crippen molar-refractivity contribution in [2.24, 2.45) is 4.99 Å². The van der Waals surface area contributed by atoms with Gasteiger partial charge in [-0.3, -0.25) is 0 Å². The standard InChI is InChI=1S/C24H20N2O3/c1-2-29-24(28)17-11-8-12-18(15-17)25-22(16-9-4-3-5-10-16)21-19-13-6-7-14-20(19)26-23(21)27/h3-15,26-27H,2H2,1H3. The highest BCUT2D eigenvalue weighted by atomic mass is 16.5. The molecule has 5 heteroatoms. The maximum atomic E-state index is 12.1. The number of aromatic amines is 1. The molecule has 0 aliphatic carbocycles. The predicted molar refractivity (Wildman–Crippen MR) is 114 cm³/mol. The minimum Gasteiger partial charge on any atom is -0.494 e. The summed E-state index contributed by atoms with van der Waals surface area (Å²) in [6.45, 7) is 2.08. The van der Waals surface area contributed by atoms with Gasteiger partial charge in [0.15, 0.2) is 5.88 Å². The van der Waals surface area contributed by atoms with Gasteiger partial charge < -0.3 is 14.8 Å². The maximum absolute atomic E-state index is 12.1. The van der Waals surface area contributed by atoms with Crippen LogP contribution in [0.3, 0.4) is 0 Å². The minimum absolute atomic E-state index is 0.0513. The van der Waals surface area contributed by atoms with Crippen molar-refractivity contribution in [3.63, 3.8) is 0 Å². The summed E-state index contributed by atoms with van der Waals surface area (Å²) in [6, 6.07) is 24.3. The van der Waals surface area contributed by atoms with Crippen molar-refractivity contribution < 1.29 is 14.6 Å². The molecule has 0 saturated heterocycles. The van der Waals surface area contributed by atoms with Crippen LogP contribution in [0.15, 0.2) is 83.9 Å². The summed E-state index contributed by atoms with van der Waals surface area (Å²) in [5, 5.41) is 11.5. The summed E-state index contributed by atoms with van der Waals surface area (Å²) in [7, 11) is 0. The predicted octanol–water partition coefficient (Wildman–Crippen LogP) is 5.22. The number of hydrogen-bond donors (Lipinski definition) is 2. The Balaban J connectivity index is 1.90. The van der Waals surface area contributed by atoms with Gasteiger partial charge in [-0.15, -0.1) is 0 Å². The number of para-hydroxylation sites is 1. The lowest BCUT2D eigenvalue weighted by Crippen LogP contribution is -2.05. The monoisotopic (exact) mass is 384 g/mol. The fourth-order valence-corrected chi connectivity index (χ4v) is 3.27. The van der Waals surface area contributed by atoms with Gasteiger partial charge in [-0.1, -0.05) is 54.6 Å². The van der Waals surface area contributed by atoms with E-state index in [1.165, 1.54) is 0 Å². The molecule has 0 atom stereocenters. The number of esters is 1. The summed E-state index contributed by atoms with van der Waals surface area (Å²) in [5.74, 6) is -0.337. The quantitative estimate of drug-likeness (QED) is 0.366. The Hall–Kier alpha value is -3.86. The van der Waals surface area contributed by atoms with Gasteiger partial charge in [-0.05, 0) is 31.2 Å². The summed E-state index contributed by atoms with van der Waals surface area (Å²) in [6.07, 6.45) is 0. The van der Waals surface area contributed by atoms with Gasteiger partial charge in [0.2, 0.25) is 0 Å². The highest BCUT2D eigenvalue weighted by molar-refractivity contribution is 6.21. The molecule has 0 amide bonds. The van der Waals surface area contributed by atoms with Crippen LogP contribution in [0.2, 0.25) is 0 Å². The third-order valence-corrected chi connectivity index (χ3v) is 4.57. The van der Waals surface area contributed by atoms with Gasteiger partial charge in [0.05, 0.1) is 29.1 Å². The highest BCUT2D eigenvalue weighted by Gasteiger charge is 2.18. The lowest BCUT2D eigenvalue weighted by molar-refractivity contribution is 0.0526. The number of rotatable bonds is 5. The number of carbonyl (C=O) groups excluding carboxylic acids is 1. The van der Waals surface area contributed by atoms with Gasteiger partial charge >= 0.3 is 5.97 Å². The zero-order valence-electron chi connectivity index (χ0n) is 15.9. The average Bonchev–Trinajstić information content (AvgIpc) is 3.08. The Labute approximate surface area is 168 Å². The highest BCUT2D eigenvalue weighted by Crippen LogP contribution is 2.31. The lowest BCUT2D eigenvalue weighted by atomic mass is 10.0. The molecular formula is C24H20N2O3. The Bertz CT molecular complexity index is 1190. The molecule has 0 fully saturated rings. The van der Waals surface area contributed by atoms with E-state index in [9.17, 15) is 9.90 Å². The number of aromatic nitrogens is 1. The second-order valence-electron chi connectivity index (χ2n) is 6.49. The SMILES string of the molecule is CCOC(=O)c1cccc(N=C(c2ccccc2)c2c(O)[nH]c3ccccc23)c1. The first-order valence-electron chi connectivity index (χ1n) is 9.38. The molecule has 4 rings (SSSR count). The van der Waals surface area contributed by atoms with E-state index in [0.717, 1.165) is 16.5 Å². The fraction of sp³-hybridized carbons (Fsp3) is 0.0833. The molecule has 29 heavy (non-hydrogen) atoms. The Morgan fingerprint density at radius 3 is 2.48 bits per heavy atom. The number of nitrogens with zero attached hydrogens (tertiary/aromatic N) is 1. The van der Waals surface area contributed by atoms with Crippen molar-refractivity contribution in [1.29, 1.82) is 0 Å². The van der Waals surface area contributed by atoms with Gasteiger partial charge in [-0.2, -0.15) is 0 Å². The normalized spacial score (nSPS) is 11.6. The van der Waals surface area contributed by atoms with E-state index in [2.05, 4.69) is 4.98 Å². The van der Waals surface area contributed by atoms with Crippen LogP contribution in [-0.4, -0.2) is 28.4 Å². The van der Waals surface area contributed by atoms with Gasteiger partial charge in [0.1, 0.15) is 0 Å². The van der Waals surface area contributed by atoms with Gasteiger partial charge in [0, 0.05) is 16.5 Å². The second kappa shape index (κ2) is 8.02. The zero-order chi connectivity index (χ0) is 20.2. The van der Waals surface area contributed by atoms with E-state index in [0.29, 0.717) is 29.1 Å². The molecule has 3 aromatic carbocycles. The number of fused-ring (bicyclic) bond motifs is 1. The molecule has 4 aromatic rings. The number of aromatic hydroxyl groups is 1. The fourth-order valence-electron chi connectivity index (χ4n) is 3.27. The third kappa shape index (κ3) is 3.75. The Morgan fingerprint density at radius 2 is 1.69 bits per heavy atom. The van der Waals surface area contributed by atoms with Crippen molar-refractivity contribution in [2.75, 3.05) is 6.61 Å². The minimum atomic E-state index is -0.388. The van der Waals surface area contributed by atoms with Crippen molar-refractivity contribution in [1.82, 2.24) is 4.98 Å². The van der Waals surface area contributed by atoms with Crippen LogP contribution in [0.25, 0.3) is 10.9 Å². The number of benzene rings is 3. The molecule has 0 aliphatic heterocycles. The van der Waals surface area contributed by atoms with E-state index in [1.54, 1.807) is 25.1 Å². The smallest absolute Gasteiger partial charge is 0.338 e. The molecule has 0 spiro atoms. The molecule has 0 saturated carbocycles. The topological polar surface area (TPSA) is 74.7 Å². The number of ether oxygens (including phenoxy) is 1. The van der Waals surface area contributed by atoms with E-state index in [4.69, 9.17) is 9.73 Å². The zero-order valence-corrected chi connectivity index (χ0v) is 15.9. The van der Waals surface area contributed by atoms with Crippen LogP contribution >= 0.6 is 0 Å². The number of aliphatic imine (C=N–C) groups is 1. The van der Waals surface area contributed by atoms with Crippen LogP contribution in [0, 0.1) is 0 Å². The molecule has 1 aromatic heterocycles. The number of H-pyrrole nitrogens is 1. The molecule has 0 aliphatic rings. The van der Waals surface area contributed by atoms with Gasteiger partial charge in [-0.25, -0.2) is 9.79 Å². The van der Waals surface area contributed by atoms with Crippen LogP contribution in [0.5, 0.6) is 5.88 Å². The molecule has 0 bridgehead atoms. The first-order chi connectivity index (χ1) is 14.2. The summed E-state index contributed by atoms with van der Waals surface area (Å²) in [5.41, 5.74) is 3.94. The van der Waals surface area contributed by atoms with Crippen molar-refractivity contribution >= 4 is 28.3 Å². The first-order valence-corrected chi connectivity index (χ1v) is 9.38. The van der Waals surface area contributed by atoms with Crippen LogP contribution in [0.4, 0.5) is 5.69 Å². The maximum Gasteiger partial charge on any atom is 0.338 e. The van der Waals surface area contributed by atoms with E-state index < -0.39 is 0 Å². The Kier molecular flexibility index (Phi) is 5.12. The lowest BCUT2D eigenvalue weighted by Gasteiger charge is -2.08. The summed E-state index contributed by atoms with van der Waals surface area (Å²) < 4.78 is 5.09. The number of nitrogens with one attached hydrogen (secondary N) is 1. The van der Waals surface area contributed by atoms with Crippen LogP contribution in [0.1, 0.15) is 28.4 Å². The van der Waals surface area contributed by atoms with Crippen molar-refractivity contribution in [3.05, 3.63) is 95.6 Å². The largest absolute Gasteiger partial charge is 0.494 e. The molecule has 5 nitrogen and oxygen atoms in total. The van der Waals surface area contributed by atoms with Crippen LogP contribution < -0.4 is 0 Å². The van der Waals surface area contributed by atoms with Gasteiger partial charge in [0.25, 0.3) is 0 Å². The first kappa shape index (κ1) is 18.5. The second-order valence-corrected chi connectivity index (χ2v) is 6.49. The average molecular weight is 384 g/mol. The molecule has 144 valence electrons. The van der Waals surface area contributed by atoms with E-state index in [-0.39, 0.29) is 11.8 Å². The molecule has 1 heterocycles. The van der Waals surface area contributed by atoms with E-state index in [1.807, 2.05) is 60.7 Å². The molecular weight excluding hydrogens is 364 g/mol. The molecule has 0 radical (unpaired) electrons. The number of carbonyl (C=O) groups is 1. The summed E-state index contributed by atoms with van der Waals surface area (Å²) >= 11 is 0. The van der Waals surface area contributed by atoms with E-state index >= 15 is 0 Å². The Morgan fingerprint density at radius 1 is 0.966 bits per heavy atom. The summed E-state index contributed by atoms with van der Waals surface area (Å²) in [4.78, 5) is 19.9.